The van der Waals surface area contributed by atoms with Gasteiger partial charge in [0.2, 0.25) is 0 Å². The number of aromatic nitrogens is 1. The van der Waals surface area contributed by atoms with Crippen molar-refractivity contribution in [3.63, 3.8) is 0 Å². The Kier molecular flexibility index (Phi) is 1.94. The molecule has 2 aromatic rings. The van der Waals surface area contributed by atoms with E-state index in [1.807, 2.05) is 6.07 Å². The number of hydrogen-bond donors (Lipinski definition) is 0. The lowest BCUT2D eigenvalue weighted by atomic mass is 9.93. The van der Waals surface area contributed by atoms with Crippen molar-refractivity contribution in [2.45, 2.75) is 25.3 Å². The molecule has 0 unspecified atom stereocenters. The van der Waals surface area contributed by atoms with Gasteiger partial charge in [0, 0.05) is 23.1 Å². The second-order valence-corrected chi connectivity index (χ2v) is 4.23. The van der Waals surface area contributed by atoms with E-state index < -0.39 is 0 Å². The number of ether oxygens (including phenoxy) is 1. The smallest absolute Gasteiger partial charge is 0.119 e. The van der Waals surface area contributed by atoms with Gasteiger partial charge in [0.1, 0.15) is 5.75 Å². The summed E-state index contributed by atoms with van der Waals surface area (Å²) in [5.74, 6) is 0.939. The molecule has 1 heterocycles. The summed E-state index contributed by atoms with van der Waals surface area (Å²) in [6.07, 6.45) is 6.24. The van der Waals surface area contributed by atoms with Crippen LogP contribution in [0.2, 0.25) is 0 Å². The fourth-order valence-electron chi connectivity index (χ4n) is 2.25. The Hall–Kier alpha value is -1.44. The summed E-state index contributed by atoms with van der Waals surface area (Å²) in [6, 6.07) is 9.21. The third kappa shape index (κ3) is 1.32. The third-order valence-corrected chi connectivity index (χ3v) is 3.40. The van der Waals surface area contributed by atoms with Gasteiger partial charge in [-0.05, 0) is 43.5 Å². The van der Waals surface area contributed by atoms with Gasteiger partial charge in [-0.15, -0.1) is 0 Å². The van der Waals surface area contributed by atoms with Crippen LogP contribution in [0, 0.1) is 0 Å². The van der Waals surface area contributed by atoms with E-state index in [9.17, 15) is 0 Å². The number of benzene rings is 1. The molecule has 78 valence electrons. The van der Waals surface area contributed by atoms with Crippen LogP contribution < -0.4 is 4.74 Å². The molecule has 0 aliphatic heterocycles. The first kappa shape index (κ1) is 8.84. The van der Waals surface area contributed by atoms with Gasteiger partial charge in [-0.1, -0.05) is 0 Å². The van der Waals surface area contributed by atoms with Gasteiger partial charge in [-0.2, -0.15) is 0 Å². The lowest BCUT2D eigenvalue weighted by Crippen LogP contribution is -2.15. The second-order valence-electron chi connectivity index (χ2n) is 4.23. The molecule has 1 aliphatic carbocycles. The minimum Gasteiger partial charge on any atom is -0.497 e. The molecule has 0 atom stereocenters. The van der Waals surface area contributed by atoms with E-state index in [1.165, 1.54) is 30.2 Å². The first-order valence-electron chi connectivity index (χ1n) is 5.53. The van der Waals surface area contributed by atoms with Crippen LogP contribution in [0.25, 0.3) is 10.9 Å². The third-order valence-electron chi connectivity index (χ3n) is 3.40. The minimum absolute atomic E-state index is 0.732. The summed E-state index contributed by atoms with van der Waals surface area (Å²) in [7, 11) is 1.71. The molecule has 1 aromatic carbocycles. The molecule has 0 bridgehead atoms. The summed E-state index contributed by atoms with van der Waals surface area (Å²) in [4.78, 5) is 0. The lowest BCUT2D eigenvalue weighted by Gasteiger charge is -2.28. The van der Waals surface area contributed by atoms with Gasteiger partial charge in [0.05, 0.1) is 7.11 Å². The molecule has 1 aromatic heterocycles. The molecule has 2 heteroatoms. The average Bonchev–Trinajstić information content (AvgIpc) is 2.59. The Balaban J connectivity index is 2.09. The molecular formula is C13H15NO. The van der Waals surface area contributed by atoms with E-state index in [0.717, 1.165) is 11.8 Å². The first-order chi connectivity index (χ1) is 7.38. The van der Waals surface area contributed by atoms with E-state index in [0.29, 0.717) is 0 Å². The van der Waals surface area contributed by atoms with Crippen molar-refractivity contribution in [1.82, 2.24) is 4.57 Å². The number of rotatable bonds is 2. The molecule has 0 spiro atoms. The van der Waals surface area contributed by atoms with E-state index in [-0.39, 0.29) is 0 Å². The molecule has 0 N–H and O–H groups in total. The largest absolute Gasteiger partial charge is 0.497 e. The highest BCUT2D eigenvalue weighted by molar-refractivity contribution is 5.81. The van der Waals surface area contributed by atoms with E-state index in [2.05, 4.69) is 29.0 Å². The normalized spacial score (nSPS) is 16.6. The van der Waals surface area contributed by atoms with E-state index in [1.54, 1.807) is 7.11 Å². The van der Waals surface area contributed by atoms with Crippen molar-refractivity contribution in [2.24, 2.45) is 0 Å². The molecule has 0 saturated heterocycles. The fourth-order valence-corrected chi connectivity index (χ4v) is 2.25. The minimum atomic E-state index is 0.732. The predicted octanol–water partition coefficient (Wildman–Crippen LogP) is 3.37. The van der Waals surface area contributed by atoms with Gasteiger partial charge in [0.15, 0.2) is 0 Å². The van der Waals surface area contributed by atoms with Crippen LogP contribution in [0.15, 0.2) is 30.5 Å². The lowest BCUT2D eigenvalue weighted by molar-refractivity contribution is 0.321. The van der Waals surface area contributed by atoms with E-state index >= 15 is 0 Å². The van der Waals surface area contributed by atoms with Crippen LogP contribution in [0.1, 0.15) is 25.3 Å². The number of hydrogen-bond acceptors (Lipinski definition) is 1. The molecule has 0 amide bonds. The second kappa shape index (κ2) is 3.30. The summed E-state index contributed by atoms with van der Waals surface area (Å²) in [6.45, 7) is 0. The number of fused-ring (bicyclic) bond motifs is 1. The summed E-state index contributed by atoms with van der Waals surface area (Å²) >= 11 is 0. The SMILES string of the molecule is COc1ccc2c(ccn2C2CCC2)c1. The van der Waals surface area contributed by atoms with Crippen molar-refractivity contribution in [1.29, 1.82) is 0 Å². The average molecular weight is 201 g/mol. The van der Waals surface area contributed by atoms with Gasteiger partial charge in [0.25, 0.3) is 0 Å². The van der Waals surface area contributed by atoms with Crippen molar-refractivity contribution in [2.75, 3.05) is 7.11 Å². The molecular weight excluding hydrogens is 186 g/mol. The highest BCUT2D eigenvalue weighted by Crippen LogP contribution is 2.35. The molecule has 3 rings (SSSR count). The monoisotopic (exact) mass is 201 g/mol. The van der Waals surface area contributed by atoms with Crippen molar-refractivity contribution >= 4 is 10.9 Å². The highest BCUT2D eigenvalue weighted by Gasteiger charge is 2.20. The van der Waals surface area contributed by atoms with E-state index in [4.69, 9.17) is 4.74 Å². The fraction of sp³-hybridized carbons (Fsp3) is 0.385. The van der Waals surface area contributed by atoms with Gasteiger partial charge >= 0.3 is 0 Å². The zero-order valence-corrected chi connectivity index (χ0v) is 8.94. The maximum absolute atomic E-state index is 5.22. The Bertz CT molecular complexity index is 482. The predicted molar refractivity (Wildman–Crippen MR) is 61.4 cm³/mol. The molecule has 1 aliphatic rings. The zero-order chi connectivity index (χ0) is 10.3. The Morgan fingerprint density at radius 2 is 2.13 bits per heavy atom. The maximum atomic E-state index is 5.22. The Labute approximate surface area is 89.5 Å². The summed E-state index contributed by atoms with van der Waals surface area (Å²) < 4.78 is 7.62. The van der Waals surface area contributed by atoms with Gasteiger partial charge < -0.3 is 9.30 Å². The standard InChI is InChI=1S/C13H15NO/c1-15-12-5-6-13-10(9-12)7-8-14(13)11-3-2-4-11/h5-9,11H,2-4H2,1H3. The summed E-state index contributed by atoms with van der Waals surface area (Å²) in [5, 5.41) is 1.28. The molecule has 1 fully saturated rings. The van der Waals surface area contributed by atoms with Crippen LogP contribution in [-0.4, -0.2) is 11.7 Å². The maximum Gasteiger partial charge on any atom is 0.119 e. The van der Waals surface area contributed by atoms with Crippen molar-refractivity contribution in [3.8, 4) is 5.75 Å². The van der Waals surface area contributed by atoms with Crippen LogP contribution >= 0.6 is 0 Å². The van der Waals surface area contributed by atoms with Crippen LogP contribution in [0.5, 0.6) is 5.75 Å². The molecule has 1 saturated carbocycles. The van der Waals surface area contributed by atoms with Gasteiger partial charge in [-0.25, -0.2) is 0 Å². The van der Waals surface area contributed by atoms with Crippen molar-refractivity contribution in [3.05, 3.63) is 30.5 Å². The molecule has 0 radical (unpaired) electrons. The van der Waals surface area contributed by atoms with Crippen LogP contribution in [0.3, 0.4) is 0 Å². The topological polar surface area (TPSA) is 14.2 Å². The molecule has 15 heavy (non-hydrogen) atoms. The quantitative estimate of drug-likeness (QED) is 0.726. The summed E-state index contributed by atoms with van der Waals surface area (Å²) in [5.41, 5.74) is 1.33. The van der Waals surface area contributed by atoms with Crippen LogP contribution in [0.4, 0.5) is 0 Å². The van der Waals surface area contributed by atoms with Crippen LogP contribution in [-0.2, 0) is 0 Å². The number of nitrogens with zero attached hydrogens (tertiary/aromatic N) is 1. The first-order valence-corrected chi connectivity index (χ1v) is 5.53. The van der Waals surface area contributed by atoms with Gasteiger partial charge in [-0.3, -0.25) is 0 Å². The Morgan fingerprint density at radius 3 is 2.80 bits per heavy atom. The number of methoxy groups -OCH3 is 1. The Morgan fingerprint density at radius 1 is 1.27 bits per heavy atom. The van der Waals surface area contributed by atoms with Crippen molar-refractivity contribution < 1.29 is 4.74 Å². The molecule has 2 nitrogen and oxygen atoms in total. The highest BCUT2D eigenvalue weighted by atomic mass is 16.5. The zero-order valence-electron chi connectivity index (χ0n) is 8.94.